The number of halogens is 2. The van der Waals surface area contributed by atoms with Gasteiger partial charge in [0.2, 0.25) is 0 Å². The number of nitrogens with one attached hydrogen (secondary N) is 2. The average Bonchev–Trinajstić information content (AvgIpc) is 2.96. The molecule has 0 saturated carbocycles. The van der Waals surface area contributed by atoms with Crippen LogP contribution in [0.5, 0.6) is 5.75 Å². The fraction of sp³-hybridized carbons (Fsp3) is 0.364. The Morgan fingerprint density at radius 2 is 1.94 bits per heavy atom. The Bertz CT molecular complexity index is 1150. The van der Waals surface area contributed by atoms with E-state index in [1.54, 1.807) is 12.1 Å². The van der Waals surface area contributed by atoms with Crippen molar-refractivity contribution in [1.29, 1.82) is 0 Å². The molecule has 0 bridgehead atoms. The molecule has 0 saturated heterocycles. The van der Waals surface area contributed by atoms with Crippen LogP contribution in [0, 0.1) is 13.8 Å². The van der Waals surface area contributed by atoms with Gasteiger partial charge in [-0.1, -0.05) is 23.7 Å². The van der Waals surface area contributed by atoms with Crippen molar-refractivity contribution in [2.45, 2.75) is 25.6 Å². The topological polar surface area (TPSA) is 91.4 Å². The molecule has 3 N–H and O–H groups in total. The summed E-state index contributed by atoms with van der Waals surface area (Å²) < 4.78 is 29.5. The predicted molar refractivity (Wildman–Crippen MR) is 128 cm³/mol. The number of aryl methyl sites for hydroxylation is 2. The Hall–Kier alpha value is -1.77. The Morgan fingerprint density at radius 3 is 2.61 bits per heavy atom. The molecule has 0 spiro atoms. The summed E-state index contributed by atoms with van der Waals surface area (Å²) in [5.74, 6) is 0.597. The molecule has 1 heterocycles. The number of hydrogen-bond donors (Lipinski definition) is 3. The van der Waals surface area contributed by atoms with Gasteiger partial charge in [0.05, 0.1) is 18.4 Å². The van der Waals surface area contributed by atoms with E-state index in [1.165, 1.54) is 11.8 Å². The van der Waals surface area contributed by atoms with E-state index < -0.39 is 9.84 Å². The predicted octanol–water partition coefficient (Wildman–Crippen LogP) is 4.11. The van der Waals surface area contributed by atoms with Crippen LogP contribution in [-0.2, 0) is 15.6 Å². The summed E-state index contributed by atoms with van der Waals surface area (Å²) >= 11 is 6.19. The molecule has 3 rings (SSSR count). The number of hydrogen-bond acceptors (Lipinski definition) is 5. The van der Waals surface area contributed by atoms with E-state index >= 15 is 0 Å². The second kappa shape index (κ2) is 10.7. The highest BCUT2D eigenvalue weighted by atomic mass is 35.5. The largest absolute Gasteiger partial charge is 0.492 e. The third-order valence-electron chi connectivity index (χ3n) is 5.09. The maximum atomic E-state index is 11.7. The van der Waals surface area contributed by atoms with Gasteiger partial charge in [0, 0.05) is 40.5 Å². The molecular formula is C22H28Cl2N2O4S. The first-order valence-electron chi connectivity index (χ1n) is 9.70. The zero-order chi connectivity index (χ0) is 21.9. The summed E-state index contributed by atoms with van der Waals surface area (Å²) in [6.45, 7) is 4.79. The summed E-state index contributed by atoms with van der Waals surface area (Å²) in [6.07, 6.45) is 1.18. The fourth-order valence-corrected chi connectivity index (χ4v) is 4.50. The van der Waals surface area contributed by atoms with E-state index in [1.807, 2.05) is 31.2 Å². The van der Waals surface area contributed by atoms with Crippen molar-refractivity contribution in [3.8, 4) is 5.75 Å². The van der Waals surface area contributed by atoms with Crippen molar-refractivity contribution >= 4 is 44.7 Å². The molecule has 1 atom stereocenters. The number of sulfone groups is 1. The normalized spacial score (nSPS) is 12.5. The number of aromatic amines is 1. The first-order chi connectivity index (χ1) is 14.2. The van der Waals surface area contributed by atoms with Crippen LogP contribution in [0.3, 0.4) is 0 Å². The van der Waals surface area contributed by atoms with Gasteiger partial charge < -0.3 is 20.1 Å². The Labute approximate surface area is 194 Å². The zero-order valence-corrected chi connectivity index (χ0v) is 20.1. The molecule has 0 aliphatic rings. The standard InChI is InChI=1S/C22H27ClN2O4S.ClH/c1-14-15(2)25-21-11-18(5-6-19(14)21)29-12-22(24-8-9-26)16-4-7-20(23)17(10-16)13-30(3,27)28;/h4-7,10-11,22,24-26H,8-9,12-13H2,1-3H3;1H. The van der Waals surface area contributed by atoms with Crippen LogP contribution >= 0.6 is 24.0 Å². The number of H-pyrrole nitrogens is 1. The summed E-state index contributed by atoms with van der Waals surface area (Å²) in [4.78, 5) is 3.36. The molecule has 3 aromatic rings. The second-order valence-corrected chi connectivity index (χ2v) is 10.1. The highest BCUT2D eigenvalue weighted by Gasteiger charge is 2.16. The molecule has 170 valence electrons. The molecule has 0 aliphatic heterocycles. The van der Waals surface area contributed by atoms with Crippen LogP contribution in [0.2, 0.25) is 5.02 Å². The van der Waals surface area contributed by atoms with Crippen LogP contribution in [0.1, 0.15) is 28.4 Å². The number of benzene rings is 2. The van der Waals surface area contributed by atoms with Crippen molar-refractivity contribution in [1.82, 2.24) is 10.3 Å². The summed E-state index contributed by atoms with van der Waals surface area (Å²) in [6, 6.07) is 11.0. The fourth-order valence-electron chi connectivity index (χ4n) is 3.44. The molecule has 0 fully saturated rings. The molecule has 0 radical (unpaired) electrons. The smallest absolute Gasteiger partial charge is 0.151 e. The molecule has 31 heavy (non-hydrogen) atoms. The maximum Gasteiger partial charge on any atom is 0.151 e. The second-order valence-electron chi connectivity index (χ2n) is 7.54. The molecule has 2 aromatic carbocycles. The number of aliphatic hydroxyl groups is 1. The molecule has 6 nitrogen and oxygen atoms in total. The van der Waals surface area contributed by atoms with Gasteiger partial charge in [-0.3, -0.25) is 0 Å². The van der Waals surface area contributed by atoms with Crippen molar-refractivity contribution in [2.75, 3.05) is 26.0 Å². The van der Waals surface area contributed by atoms with Crippen LogP contribution < -0.4 is 10.1 Å². The van der Waals surface area contributed by atoms with Crippen molar-refractivity contribution in [3.63, 3.8) is 0 Å². The maximum absolute atomic E-state index is 11.7. The van der Waals surface area contributed by atoms with Gasteiger partial charge in [-0.2, -0.15) is 0 Å². The number of aliphatic hydroxyl groups excluding tert-OH is 1. The molecule has 9 heteroatoms. The van der Waals surface area contributed by atoms with Crippen molar-refractivity contribution in [3.05, 3.63) is 63.8 Å². The third-order valence-corrected chi connectivity index (χ3v) is 6.29. The highest BCUT2D eigenvalue weighted by molar-refractivity contribution is 7.89. The lowest BCUT2D eigenvalue weighted by Crippen LogP contribution is -2.29. The van der Waals surface area contributed by atoms with Crippen LogP contribution in [0.25, 0.3) is 10.9 Å². The van der Waals surface area contributed by atoms with Crippen molar-refractivity contribution < 1.29 is 18.3 Å². The Kier molecular flexibility index (Phi) is 8.80. The first-order valence-corrected chi connectivity index (χ1v) is 12.1. The van der Waals surface area contributed by atoms with Crippen LogP contribution in [0.4, 0.5) is 0 Å². The van der Waals surface area contributed by atoms with Gasteiger partial charge in [-0.15, -0.1) is 12.4 Å². The number of ether oxygens (including phenoxy) is 1. The monoisotopic (exact) mass is 486 g/mol. The van der Waals surface area contributed by atoms with E-state index in [9.17, 15) is 13.5 Å². The first kappa shape index (κ1) is 25.5. The summed E-state index contributed by atoms with van der Waals surface area (Å²) in [7, 11) is -3.22. The lowest BCUT2D eigenvalue weighted by atomic mass is 10.0. The van der Waals surface area contributed by atoms with Gasteiger partial charge in [0.15, 0.2) is 9.84 Å². The SMILES string of the molecule is Cc1[nH]c2cc(OCC(NCCO)c3ccc(Cl)c(CS(C)(=O)=O)c3)ccc2c1C.Cl. The van der Waals surface area contributed by atoms with E-state index in [4.69, 9.17) is 16.3 Å². The Morgan fingerprint density at radius 1 is 1.19 bits per heavy atom. The van der Waals surface area contributed by atoms with Crippen molar-refractivity contribution in [2.24, 2.45) is 0 Å². The molecule has 0 aliphatic carbocycles. The highest BCUT2D eigenvalue weighted by Crippen LogP contribution is 2.27. The molecule has 0 amide bonds. The lowest BCUT2D eigenvalue weighted by Gasteiger charge is -2.20. The number of fused-ring (bicyclic) bond motifs is 1. The molecule has 1 aromatic heterocycles. The molecule has 1 unspecified atom stereocenters. The van der Waals surface area contributed by atoms with E-state index in [2.05, 4.69) is 17.2 Å². The van der Waals surface area contributed by atoms with Gasteiger partial charge in [-0.25, -0.2) is 8.42 Å². The number of rotatable bonds is 9. The van der Waals surface area contributed by atoms with E-state index in [0.717, 1.165) is 27.9 Å². The van der Waals surface area contributed by atoms with E-state index in [0.29, 0.717) is 23.7 Å². The van der Waals surface area contributed by atoms with Crippen LogP contribution in [-0.4, -0.2) is 44.5 Å². The average molecular weight is 487 g/mol. The number of aromatic nitrogens is 1. The minimum atomic E-state index is -3.22. The van der Waals surface area contributed by atoms with Gasteiger partial charge in [0.25, 0.3) is 0 Å². The third kappa shape index (κ3) is 6.60. The zero-order valence-electron chi connectivity index (χ0n) is 17.7. The van der Waals surface area contributed by atoms with Gasteiger partial charge in [-0.05, 0) is 48.7 Å². The van der Waals surface area contributed by atoms with Gasteiger partial charge >= 0.3 is 0 Å². The van der Waals surface area contributed by atoms with Crippen LogP contribution in [0.15, 0.2) is 36.4 Å². The minimum Gasteiger partial charge on any atom is -0.492 e. The van der Waals surface area contributed by atoms with Gasteiger partial charge in [0.1, 0.15) is 12.4 Å². The minimum absolute atomic E-state index is 0. The van der Waals surface area contributed by atoms with E-state index in [-0.39, 0.29) is 30.8 Å². The quantitative estimate of drug-likeness (QED) is 0.423. The Balaban J connectivity index is 0.00000341. The summed E-state index contributed by atoms with van der Waals surface area (Å²) in [5.41, 5.74) is 4.76. The summed E-state index contributed by atoms with van der Waals surface area (Å²) in [5, 5.41) is 14.1. The molecular weight excluding hydrogens is 459 g/mol. The lowest BCUT2D eigenvalue weighted by molar-refractivity contribution is 0.242.